The largest absolute Gasteiger partial charge is 0.469 e. The van der Waals surface area contributed by atoms with Gasteiger partial charge >= 0.3 is 7.82 Å². The van der Waals surface area contributed by atoms with E-state index in [9.17, 15) is 13.8 Å². The summed E-state index contributed by atoms with van der Waals surface area (Å²) in [6, 6.07) is 0. The average Bonchev–Trinajstić information content (AvgIpc) is 2.99. The molecule has 1 aliphatic heterocycles. The van der Waals surface area contributed by atoms with Crippen molar-refractivity contribution in [2.24, 2.45) is 0 Å². The van der Waals surface area contributed by atoms with E-state index in [2.05, 4.69) is 24.8 Å². The number of aromatic amines is 1. The predicted octanol–water partition coefficient (Wildman–Crippen LogP) is -1.17. The first-order valence-electron chi connectivity index (χ1n) is 6.35. The van der Waals surface area contributed by atoms with Gasteiger partial charge in [0.15, 0.2) is 17.4 Å². The number of nitrogens with one attached hydrogen (secondary N) is 1. The second kappa shape index (κ2) is 5.62. The lowest BCUT2D eigenvalue weighted by molar-refractivity contribution is -0.0370. The van der Waals surface area contributed by atoms with Gasteiger partial charge in [-0.2, -0.15) is 9.67 Å². The molecule has 3 rings (SSSR count). The molecule has 0 aromatic carbocycles. The molecule has 5 N–H and O–H groups in total. The standard InChI is InChI=1S/C9H12FN6O6P/c10-3-1-5(22-4(3)2-21-23(18,19)20)16-7-6(14-15-16)8(17)13-9(11)12-7/h3-5H,1-2H2,(H2,18,19,20)(H3,11,12,13,17)/t3-,4-,5-/m1/s1. The second-order valence-corrected chi connectivity index (χ2v) is 6.06. The quantitative estimate of drug-likeness (QED) is 0.491. The van der Waals surface area contributed by atoms with E-state index in [1.165, 1.54) is 0 Å². The van der Waals surface area contributed by atoms with Crippen molar-refractivity contribution in [2.75, 3.05) is 12.3 Å². The van der Waals surface area contributed by atoms with Crippen LogP contribution in [0.1, 0.15) is 12.6 Å². The highest BCUT2D eigenvalue weighted by molar-refractivity contribution is 7.46. The van der Waals surface area contributed by atoms with Gasteiger partial charge in [0.2, 0.25) is 5.95 Å². The third kappa shape index (κ3) is 3.23. The van der Waals surface area contributed by atoms with Crippen LogP contribution in [-0.2, 0) is 13.8 Å². The molecule has 14 heteroatoms. The molecule has 1 aliphatic rings. The number of phosphoric acid groups is 1. The molecule has 23 heavy (non-hydrogen) atoms. The summed E-state index contributed by atoms with van der Waals surface area (Å²) < 4.78 is 35.2. The number of hydrogen-bond acceptors (Lipinski definition) is 8. The van der Waals surface area contributed by atoms with Crippen molar-refractivity contribution in [2.45, 2.75) is 24.9 Å². The number of anilines is 1. The third-order valence-corrected chi connectivity index (χ3v) is 3.68. The summed E-state index contributed by atoms with van der Waals surface area (Å²) in [7, 11) is -4.73. The molecule has 1 fully saturated rings. The van der Waals surface area contributed by atoms with Crippen LogP contribution in [0, 0.1) is 0 Å². The number of H-pyrrole nitrogens is 1. The Balaban J connectivity index is 1.84. The van der Waals surface area contributed by atoms with Crippen LogP contribution in [0.15, 0.2) is 4.79 Å². The van der Waals surface area contributed by atoms with Gasteiger partial charge in [-0.1, -0.05) is 5.21 Å². The van der Waals surface area contributed by atoms with Gasteiger partial charge in [-0.3, -0.25) is 14.3 Å². The molecule has 0 aliphatic carbocycles. The van der Waals surface area contributed by atoms with E-state index in [1.54, 1.807) is 0 Å². The Morgan fingerprint density at radius 1 is 1.57 bits per heavy atom. The first-order chi connectivity index (χ1) is 10.7. The van der Waals surface area contributed by atoms with Gasteiger partial charge in [0.25, 0.3) is 5.56 Å². The Bertz CT molecular complexity index is 834. The molecule has 12 nitrogen and oxygen atoms in total. The summed E-state index contributed by atoms with van der Waals surface area (Å²) >= 11 is 0. The summed E-state index contributed by atoms with van der Waals surface area (Å²) in [6.07, 6.45) is -3.90. The van der Waals surface area contributed by atoms with E-state index >= 15 is 0 Å². The molecular weight excluding hydrogens is 338 g/mol. The third-order valence-electron chi connectivity index (χ3n) is 3.19. The summed E-state index contributed by atoms with van der Waals surface area (Å²) in [6.45, 7) is -0.634. The molecule has 0 bridgehead atoms. The number of nitrogen functional groups attached to an aromatic ring is 1. The van der Waals surface area contributed by atoms with Crippen molar-refractivity contribution in [3.8, 4) is 0 Å². The maximum atomic E-state index is 13.9. The van der Waals surface area contributed by atoms with Crippen LogP contribution in [0.2, 0.25) is 0 Å². The van der Waals surface area contributed by atoms with Crippen LogP contribution >= 0.6 is 7.82 Å². The molecule has 0 spiro atoms. The minimum atomic E-state index is -4.73. The van der Waals surface area contributed by atoms with Gasteiger partial charge < -0.3 is 20.3 Å². The number of nitrogens with two attached hydrogens (primary N) is 1. The number of alkyl halides is 1. The maximum absolute atomic E-state index is 13.9. The molecule has 3 atom stereocenters. The summed E-state index contributed by atoms with van der Waals surface area (Å²) in [4.78, 5) is 35.1. The number of ether oxygens (including phenoxy) is 1. The predicted molar refractivity (Wildman–Crippen MR) is 71.8 cm³/mol. The number of nitrogens with zero attached hydrogens (tertiary/aromatic N) is 4. The van der Waals surface area contributed by atoms with E-state index in [0.717, 1.165) is 4.68 Å². The smallest absolute Gasteiger partial charge is 0.369 e. The molecule has 126 valence electrons. The Morgan fingerprint density at radius 3 is 3.00 bits per heavy atom. The van der Waals surface area contributed by atoms with E-state index in [-0.39, 0.29) is 23.5 Å². The van der Waals surface area contributed by atoms with Gasteiger partial charge in [-0.25, -0.2) is 8.96 Å². The first-order valence-corrected chi connectivity index (χ1v) is 7.88. The number of rotatable bonds is 4. The van der Waals surface area contributed by atoms with E-state index in [0.29, 0.717) is 0 Å². The lowest BCUT2D eigenvalue weighted by atomic mass is 10.2. The van der Waals surface area contributed by atoms with Gasteiger partial charge in [0, 0.05) is 6.42 Å². The number of fused-ring (bicyclic) bond motifs is 1. The van der Waals surface area contributed by atoms with Gasteiger partial charge in [-0.05, 0) is 0 Å². The molecule has 0 saturated carbocycles. The van der Waals surface area contributed by atoms with Crippen LogP contribution in [0.4, 0.5) is 10.3 Å². The maximum Gasteiger partial charge on any atom is 0.469 e. The molecule has 1 saturated heterocycles. The summed E-state index contributed by atoms with van der Waals surface area (Å²) in [5.41, 5.74) is 4.77. The second-order valence-electron chi connectivity index (χ2n) is 4.82. The zero-order valence-corrected chi connectivity index (χ0v) is 12.3. The Hall–Kier alpha value is -1.92. The van der Waals surface area contributed by atoms with Crippen LogP contribution < -0.4 is 11.3 Å². The Labute approximate surface area is 126 Å². The number of aromatic nitrogens is 5. The summed E-state index contributed by atoms with van der Waals surface area (Å²) in [5, 5.41) is 7.33. The number of halogens is 1. The van der Waals surface area contributed by atoms with Gasteiger partial charge in [0.05, 0.1) is 6.61 Å². The van der Waals surface area contributed by atoms with Crippen LogP contribution in [0.5, 0.6) is 0 Å². The van der Waals surface area contributed by atoms with Crippen molar-refractivity contribution in [3.63, 3.8) is 0 Å². The fourth-order valence-corrected chi connectivity index (χ4v) is 2.55. The molecule has 0 unspecified atom stereocenters. The van der Waals surface area contributed by atoms with E-state index in [1.807, 2.05) is 0 Å². The highest BCUT2D eigenvalue weighted by Gasteiger charge is 2.39. The SMILES string of the molecule is Nc1nc2c(nnn2[C@H]2C[C@@H](F)[C@@H](COP(=O)(O)O)O2)c(=O)[nH]1. The van der Waals surface area contributed by atoms with E-state index < -0.39 is 38.5 Å². The van der Waals surface area contributed by atoms with Gasteiger partial charge in [0.1, 0.15) is 12.3 Å². The van der Waals surface area contributed by atoms with Crippen molar-refractivity contribution < 1.29 is 28.0 Å². The van der Waals surface area contributed by atoms with E-state index in [4.69, 9.17) is 20.3 Å². The van der Waals surface area contributed by atoms with Gasteiger partial charge in [-0.15, -0.1) is 5.10 Å². The lowest BCUT2D eigenvalue weighted by Gasteiger charge is -2.14. The normalized spacial score (nSPS) is 25.3. The average molecular weight is 350 g/mol. The Morgan fingerprint density at radius 2 is 2.30 bits per heavy atom. The van der Waals surface area contributed by atoms with Crippen LogP contribution in [0.3, 0.4) is 0 Å². The zero-order chi connectivity index (χ0) is 16.8. The lowest BCUT2D eigenvalue weighted by Crippen LogP contribution is -2.23. The fourth-order valence-electron chi connectivity index (χ4n) is 2.21. The molecular formula is C9H12FN6O6P. The van der Waals surface area contributed by atoms with Crippen molar-refractivity contribution in [3.05, 3.63) is 10.4 Å². The minimum absolute atomic E-state index is 0.0139. The minimum Gasteiger partial charge on any atom is -0.369 e. The number of hydrogen-bond donors (Lipinski definition) is 4. The van der Waals surface area contributed by atoms with Crippen LogP contribution in [0.25, 0.3) is 11.2 Å². The molecule has 0 radical (unpaired) electrons. The van der Waals surface area contributed by atoms with Crippen molar-refractivity contribution in [1.29, 1.82) is 0 Å². The molecule has 3 heterocycles. The summed E-state index contributed by atoms with van der Waals surface area (Å²) in [5.74, 6) is -0.165. The highest BCUT2D eigenvalue weighted by Crippen LogP contribution is 2.39. The van der Waals surface area contributed by atoms with Crippen molar-refractivity contribution >= 4 is 24.9 Å². The first kappa shape index (κ1) is 16.0. The molecule has 0 amide bonds. The topological polar surface area (TPSA) is 178 Å². The number of phosphoric ester groups is 1. The Kier molecular flexibility index (Phi) is 3.90. The fraction of sp³-hybridized carbons (Fsp3) is 0.556. The molecule has 2 aromatic heterocycles. The molecule has 2 aromatic rings. The van der Waals surface area contributed by atoms with Crippen LogP contribution in [-0.4, -0.2) is 53.6 Å². The monoisotopic (exact) mass is 350 g/mol. The highest BCUT2D eigenvalue weighted by atomic mass is 31.2. The zero-order valence-electron chi connectivity index (χ0n) is 11.4. The van der Waals surface area contributed by atoms with Crippen molar-refractivity contribution in [1.82, 2.24) is 25.0 Å².